The maximum Gasteiger partial charge on any atom is 0.319 e. The first-order chi connectivity index (χ1) is 21.8. The maximum atomic E-state index is 16.8. The van der Waals surface area contributed by atoms with Gasteiger partial charge in [-0.1, -0.05) is 13.0 Å². The summed E-state index contributed by atoms with van der Waals surface area (Å²) in [5.74, 6) is -0.599. The van der Waals surface area contributed by atoms with E-state index in [1.807, 2.05) is 6.92 Å². The number of piperidine rings is 1. The zero-order chi connectivity index (χ0) is 30.9. The van der Waals surface area contributed by atoms with Crippen molar-refractivity contribution < 1.29 is 23.0 Å². The van der Waals surface area contributed by atoms with E-state index in [9.17, 15) is 13.9 Å². The summed E-state index contributed by atoms with van der Waals surface area (Å²) in [5.41, 5.74) is 0.469. The molecule has 2 aromatic heterocycles. The number of phenolic OH excluding ortho intramolecular Hbond substituents is 1. The van der Waals surface area contributed by atoms with Crippen molar-refractivity contribution in [3.63, 3.8) is 0 Å². The van der Waals surface area contributed by atoms with Crippen LogP contribution in [0.5, 0.6) is 11.8 Å². The second kappa shape index (κ2) is 10.7. The molecule has 4 aromatic rings. The van der Waals surface area contributed by atoms with Crippen LogP contribution in [0.1, 0.15) is 44.6 Å². The lowest BCUT2D eigenvalue weighted by Crippen LogP contribution is -2.61. The average Bonchev–Trinajstić information content (AvgIpc) is 3.55. The number of hydrogen-bond donors (Lipinski definition) is 2. The van der Waals surface area contributed by atoms with Crippen LogP contribution in [0, 0.1) is 17.0 Å². The number of nitrogens with one attached hydrogen (secondary N) is 1. The third-order valence-electron chi connectivity index (χ3n) is 10.6. The normalized spacial score (nSPS) is 24.4. The number of benzene rings is 2. The van der Waals surface area contributed by atoms with Crippen LogP contribution in [0.3, 0.4) is 0 Å². The fourth-order valence-corrected chi connectivity index (χ4v) is 8.35. The van der Waals surface area contributed by atoms with E-state index in [0.717, 1.165) is 58.4 Å². The smallest absolute Gasteiger partial charge is 0.319 e. The topological polar surface area (TPSA) is 86.6 Å². The van der Waals surface area contributed by atoms with Crippen LogP contribution in [-0.4, -0.2) is 82.5 Å². The van der Waals surface area contributed by atoms with Gasteiger partial charge in [0.1, 0.15) is 41.4 Å². The van der Waals surface area contributed by atoms with Crippen molar-refractivity contribution in [3.05, 3.63) is 47.7 Å². The largest absolute Gasteiger partial charge is 0.508 e. The van der Waals surface area contributed by atoms with Crippen molar-refractivity contribution >= 4 is 27.5 Å². The average molecular weight is 619 g/mol. The molecule has 8 rings (SSSR count). The van der Waals surface area contributed by atoms with Gasteiger partial charge in [0.05, 0.1) is 10.9 Å². The number of aromatic nitrogens is 3. The van der Waals surface area contributed by atoms with Gasteiger partial charge in [0, 0.05) is 56.3 Å². The molecule has 4 aliphatic heterocycles. The fourth-order valence-electron chi connectivity index (χ4n) is 8.35. The van der Waals surface area contributed by atoms with Gasteiger partial charge in [-0.2, -0.15) is 9.97 Å². The number of hydrogen-bond acceptors (Lipinski definition) is 8. The van der Waals surface area contributed by atoms with E-state index in [-0.39, 0.29) is 35.0 Å². The van der Waals surface area contributed by atoms with Crippen molar-refractivity contribution in [1.29, 1.82) is 0 Å². The van der Waals surface area contributed by atoms with E-state index in [1.54, 1.807) is 18.3 Å². The number of ether oxygens (including phenoxy) is 1. The molecular weight excluding hydrogens is 581 g/mol. The Morgan fingerprint density at radius 1 is 1.11 bits per heavy atom. The number of fused-ring (bicyclic) bond motifs is 3. The van der Waals surface area contributed by atoms with Crippen molar-refractivity contribution in [3.8, 4) is 23.0 Å². The van der Waals surface area contributed by atoms with Gasteiger partial charge in [0.2, 0.25) is 0 Å². The molecule has 4 aliphatic rings. The van der Waals surface area contributed by atoms with Crippen molar-refractivity contribution in [2.24, 2.45) is 5.41 Å². The molecule has 45 heavy (non-hydrogen) atoms. The second-order valence-corrected chi connectivity index (χ2v) is 13.5. The van der Waals surface area contributed by atoms with Crippen molar-refractivity contribution in [1.82, 2.24) is 25.2 Å². The molecule has 0 bridgehead atoms. The summed E-state index contributed by atoms with van der Waals surface area (Å²) in [7, 11) is 0. The van der Waals surface area contributed by atoms with E-state index in [1.165, 1.54) is 12.1 Å². The van der Waals surface area contributed by atoms with E-state index >= 15 is 4.39 Å². The molecule has 236 valence electrons. The Balaban J connectivity index is 1.27. The molecule has 0 unspecified atom stereocenters. The minimum atomic E-state index is -0.899. The minimum Gasteiger partial charge on any atom is -0.508 e. The monoisotopic (exact) mass is 618 g/mol. The molecule has 2 aromatic carbocycles. The Kier molecular flexibility index (Phi) is 6.83. The number of alkyl halides is 1. The lowest BCUT2D eigenvalue weighted by Gasteiger charge is -2.49. The van der Waals surface area contributed by atoms with Crippen LogP contribution in [0.2, 0.25) is 0 Å². The van der Waals surface area contributed by atoms with Gasteiger partial charge in [-0.3, -0.25) is 9.88 Å². The Bertz CT molecular complexity index is 1820. The van der Waals surface area contributed by atoms with Gasteiger partial charge in [0.25, 0.3) is 0 Å². The number of aryl methyl sites for hydroxylation is 1. The van der Waals surface area contributed by atoms with Crippen LogP contribution >= 0.6 is 0 Å². The lowest BCUT2D eigenvalue weighted by molar-refractivity contribution is 0.107. The molecule has 0 saturated carbocycles. The van der Waals surface area contributed by atoms with E-state index in [4.69, 9.17) is 9.72 Å². The molecule has 4 saturated heterocycles. The highest BCUT2D eigenvalue weighted by Crippen LogP contribution is 2.43. The van der Waals surface area contributed by atoms with E-state index in [0.29, 0.717) is 52.5 Å². The maximum absolute atomic E-state index is 16.8. The van der Waals surface area contributed by atoms with Gasteiger partial charge < -0.3 is 20.1 Å². The predicted octanol–water partition coefficient (Wildman–Crippen LogP) is 5.54. The van der Waals surface area contributed by atoms with Crippen LogP contribution < -0.4 is 15.0 Å². The van der Waals surface area contributed by atoms with Gasteiger partial charge in [0.15, 0.2) is 5.82 Å². The molecule has 0 amide bonds. The van der Waals surface area contributed by atoms with Gasteiger partial charge in [-0.05, 0) is 73.2 Å². The van der Waals surface area contributed by atoms with E-state index < -0.39 is 23.3 Å². The van der Waals surface area contributed by atoms with Gasteiger partial charge in [-0.15, -0.1) is 0 Å². The predicted molar refractivity (Wildman–Crippen MR) is 167 cm³/mol. The summed E-state index contributed by atoms with van der Waals surface area (Å²) in [6.07, 6.45) is 5.37. The Morgan fingerprint density at radius 3 is 2.76 bits per heavy atom. The molecule has 8 nitrogen and oxygen atoms in total. The molecule has 11 heteroatoms. The molecule has 2 N–H and O–H groups in total. The third kappa shape index (κ3) is 4.69. The highest BCUT2D eigenvalue weighted by molar-refractivity contribution is 6.01. The fraction of sp³-hybridized carbons (Fsp3) is 0.500. The quantitative estimate of drug-likeness (QED) is 0.292. The van der Waals surface area contributed by atoms with Gasteiger partial charge >= 0.3 is 6.01 Å². The number of halogens is 3. The Labute approximate surface area is 259 Å². The lowest BCUT2D eigenvalue weighted by atomic mass is 9.75. The number of aromatic hydroxyl groups is 1. The van der Waals surface area contributed by atoms with Crippen LogP contribution in [0.15, 0.2) is 30.5 Å². The second-order valence-electron chi connectivity index (χ2n) is 13.5. The van der Waals surface area contributed by atoms with Crippen LogP contribution in [0.4, 0.5) is 19.0 Å². The number of anilines is 1. The number of pyridine rings is 1. The number of rotatable bonds is 6. The highest BCUT2D eigenvalue weighted by Gasteiger charge is 2.49. The zero-order valence-electron chi connectivity index (χ0n) is 25.4. The number of nitrogens with zero attached hydrogens (tertiary/aromatic N) is 5. The molecular formula is C34H37F3N6O2. The molecule has 6 heterocycles. The molecule has 0 aliphatic carbocycles. The number of phenols is 1. The summed E-state index contributed by atoms with van der Waals surface area (Å²) in [4.78, 5) is 18.4. The Hall–Kier alpha value is -3.70. The van der Waals surface area contributed by atoms with Crippen molar-refractivity contribution in [2.75, 3.05) is 50.8 Å². The molecule has 2 atom stereocenters. The summed E-state index contributed by atoms with van der Waals surface area (Å²) in [6.45, 7) is 6.68. The zero-order valence-corrected chi connectivity index (χ0v) is 25.4. The van der Waals surface area contributed by atoms with E-state index in [2.05, 4.69) is 25.1 Å². The highest BCUT2D eigenvalue weighted by atomic mass is 19.1. The summed E-state index contributed by atoms with van der Waals surface area (Å²) >= 11 is 0. The first-order valence-corrected chi connectivity index (χ1v) is 16.1. The van der Waals surface area contributed by atoms with Gasteiger partial charge in [-0.25, -0.2) is 13.2 Å². The summed E-state index contributed by atoms with van der Waals surface area (Å²) in [5, 5.41) is 15.5. The standard InChI is InChI=1S/C34H37F3N6O2/c1-2-23-26(36)6-5-20-11-22(44)12-24(27(20)23)29-28(37)30-25(14-39-29)31(42-9-3-7-33(18-42)16-38-17-33)41-32(40-30)45-19-34-8-4-10-43(34)15-21(35)13-34/h5-6,11-12,14,21,38,44H,2-4,7-10,13,15-19H2,1H3/t21-,34+/m1/s1. The first-order valence-electron chi connectivity index (χ1n) is 16.1. The molecule has 4 fully saturated rings. The minimum absolute atomic E-state index is 0.0331. The molecule has 0 radical (unpaired) electrons. The van der Waals surface area contributed by atoms with Crippen molar-refractivity contribution in [2.45, 2.75) is 57.2 Å². The molecule has 1 spiro atoms. The summed E-state index contributed by atoms with van der Waals surface area (Å²) in [6, 6.07) is 5.96. The first kappa shape index (κ1) is 28.8. The Morgan fingerprint density at radius 2 is 1.96 bits per heavy atom. The third-order valence-corrected chi connectivity index (χ3v) is 10.6. The van der Waals surface area contributed by atoms with Crippen LogP contribution in [-0.2, 0) is 6.42 Å². The van der Waals surface area contributed by atoms with Crippen LogP contribution in [0.25, 0.3) is 32.9 Å². The SMILES string of the molecule is CCc1c(F)ccc2cc(O)cc(-c3ncc4c(N5CCCC6(CNC6)C5)nc(OC[C@@]56CCCN5C[C@H](F)C6)nc4c3F)c12. The summed E-state index contributed by atoms with van der Waals surface area (Å²) < 4.78 is 52.6.